The first-order chi connectivity index (χ1) is 10.5. The zero-order chi connectivity index (χ0) is 15.6. The first-order valence-electron chi connectivity index (χ1n) is 6.97. The molecule has 0 saturated carbocycles. The number of sulfonamides is 1. The van der Waals surface area contributed by atoms with E-state index in [-0.39, 0.29) is 4.90 Å². The van der Waals surface area contributed by atoms with Gasteiger partial charge in [0.2, 0.25) is 10.0 Å². The molecule has 0 spiro atoms. The van der Waals surface area contributed by atoms with E-state index < -0.39 is 15.6 Å². The van der Waals surface area contributed by atoms with Crippen LogP contribution in [0.4, 0.5) is 0 Å². The molecule has 6 nitrogen and oxygen atoms in total. The highest BCUT2D eigenvalue weighted by molar-refractivity contribution is 7.89. The molecular weight excluding hydrogens is 304 g/mol. The van der Waals surface area contributed by atoms with Gasteiger partial charge in [-0.3, -0.25) is 0 Å². The van der Waals surface area contributed by atoms with Gasteiger partial charge in [-0.05, 0) is 37.2 Å². The van der Waals surface area contributed by atoms with Gasteiger partial charge in [-0.1, -0.05) is 11.6 Å². The molecule has 22 heavy (non-hydrogen) atoms. The second kappa shape index (κ2) is 6.04. The lowest BCUT2D eigenvalue weighted by molar-refractivity contribution is 0.560. The van der Waals surface area contributed by atoms with Crippen LogP contribution in [-0.2, 0) is 10.0 Å². The summed E-state index contributed by atoms with van der Waals surface area (Å²) in [4.78, 5) is 11.3. The van der Waals surface area contributed by atoms with Gasteiger partial charge in [0.25, 0.3) is 0 Å². The zero-order valence-corrected chi connectivity index (χ0v) is 12.7. The first kappa shape index (κ1) is 15.0. The van der Waals surface area contributed by atoms with Crippen molar-refractivity contribution in [3.05, 3.63) is 52.4 Å². The molecule has 0 bridgehead atoms. The Hall–Kier alpha value is -1.96. The zero-order valence-electron chi connectivity index (χ0n) is 11.8. The molecule has 0 saturated heterocycles. The molecule has 1 aromatic carbocycles. The minimum Gasteiger partial charge on any atom is -0.423 e. The van der Waals surface area contributed by atoms with Crippen LogP contribution in [0.1, 0.15) is 6.42 Å². The largest absolute Gasteiger partial charge is 0.423 e. The average molecular weight is 320 g/mol. The van der Waals surface area contributed by atoms with Crippen molar-refractivity contribution in [2.75, 3.05) is 19.6 Å². The van der Waals surface area contributed by atoms with Crippen LogP contribution < -0.4 is 15.7 Å². The lowest BCUT2D eigenvalue weighted by Gasteiger charge is -2.14. The molecule has 0 radical (unpaired) electrons. The molecule has 116 valence electrons. The fraction of sp³-hybridized carbons (Fsp3) is 0.267. The van der Waals surface area contributed by atoms with Gasteiger partial charge in [0.1, 0.15) is 5.58 Å². The second-order valence-electron chi connectivity index (χ2n) is 5.10. The van der Waals surface area contributed by atoms with E-state index >= 15 is 0 Å². The summed E-state index contributed by atoms with van der Waals surface area (Å²) < 4.78 is 32.3. The number of rotatable bonds is 4. The Labute approximate surface area is 127 Å². The summed E-state index contributed by atoms with van der Waals surface area (Å²) in [6.45, 7) is 1.94. The number of nitrogens with one attached hydrogen (secondary N) is 2. The Balaban J connectivity index is 1.83. The monoisotopic (exact) mass is 320 g/mol. The van der Waals surface area contributed by atoms with Crippen molar-refractivity contribution < 1.29 is 12.8 Å². The Morgan fingerprint density at radius 1 is 1.23 bits per heavy atom. The molecule has 0 amide bonds. The Kier molecular flexibility index (Phi) is 4.10. The van der Waals surface area contributed by atoms with Crippen molar-refractivity contribution in [2.45, 2.75) is 11.3 Å². The molecule has 1 aliphatic rings. The molecule has 7 heteroatoms. The summed E-state index contributed by atoms with van der Waals surface area (Å²) >= 11 is 0. The fourth-order valence-corrected chi connectivity index (χ4v) is 3.39. The molecule has 0 fully saturated rings. The highest BCUT2D eigenvalue weighted by Crippen LogP contribution is 2.18. The van der Waals surface area contributed by atoms with Gasteiger partial charge >= 0.3 is 5.63 Å². The van der Waals surface area contributed by atoms with Crippen molar-refractivity contribution in [3.63, 3.8) is 0 Å². The summed E-state index contributed by atoms with van der Waals surface area (Å²) in [7, 11) is -3.59. The predicted octanol–water partition coefficient (Wildman–Crippen LogP) is 0.991. The van der Waals surface area contributed by atoms with Crippen molar-refractivity contribution >= 4 is 21.0 Å². The number of hydrogen-bond acceptors (Lipinski definition) is 5. The normalized spacial score (nSPS) is 15.7. The van der Waals surface area contributed by atoms with Crippen molar-refractivity contribution in [3.8, 4) is 0 Å². The lowest BCUT2D eigenvalue weighted by Crippen LogP contribution is -2.29. The van der Waals surface area contributed by atoms with Crippen LogP contribution in [0.15, 0.2) is 56.1 Å². The quantitative estimate of drug-likeness (QED) is 0.648. The Morgan fingerprint density at radius 2 is 2.09 bits per heavy atom. The molecule has 0 aliphatic carbocycles. The summed E-state index contributed by atoms with van der Waals surface area (Å²) in [6.07, 6.45) is 2.84. The third-order valence-corrected chi connectivity index (χ3v) is 4.95. The van der Waals surface area contributed by atoms with Gasteiger partial charge in [-0.25, -0.2) is 17.9 Å². The van der Waals surface area contributed by atoms with Gasteiger partial charge in [0.05, 0.1) is 4.90 Å². The number of benzene rings is 1. The van der Waals surface area contributed by atoms with Crippen LogP contribution in [0.3, 0.4) is 0 Å². The maximum atomic E-state index is 12.3. The maximum Gasteiger partial charge on any atom is 0.336 e. The van der Waals surface area contributed by atoms with E-state index in [1.807, 2.05) is 6.08 Å². The Morgan fingerprint density at radius 3 is 2.86 bits per heavy atom. The lowest BCUT2D eigenvalue weighted by atomic mass is 10.1. The van der Waals surface area contributed by atoms with Gasteiger partial charge in [0, 0.05) is 24.5 Å². The minimum atomic E-state index is -3.59. The highest BCUT2D eigenvalue weighted by atomic mass is 32.2. The fourth-order valence-electron chi connectivity index (χ4n) is 2.32. The van der Waals surface area contributed by atoms with Crippen LogP contribution in [0.5, 0.6) is 0 Å². The molecule has 2 heterocycles. The maximum absolute atomic E-state index is 12.3. The molecule has 0 unspecified atom stereocenters. The summed E-state index contributed by atoms with van der Waals surface area (Å²) in [5.74, 6) is 0. The van der Waals surface area contributed by atoms with Crippen molar-refractivity contribution in [1.82, 2.24) is 10.0 Å². The van der Waals surface area contributed by atoms with Gasteiger partial charge in [-0.15, -0.1) is 0 Å². The Bertz CT molecular complexity index is 884. The minimum absolute atomic E-state index is 0.156. The van der Waals surface area contributed by atoms with Crippen molar-refractivity contribution in [1.29, 1.82) is 0 Å². The molecule has 2 N–H and O–H groups in total. The summed E-state index contributed by atoms with van der Waals surface area (Å²) in [5, 5.41) is 3.75. The van der Waals surface area contributed by atoms with Crippen molar-refractivity contribution in [2.24, 2.45) is 0 Å². The molecule has 2 aromatic rings. The third kappa shape index (κ3) is 3.27. The molecular formula is C15H16N2O4S. The van der Waals surface area contributed by atoms with E-state index in [4.69, 9.17) is 4.42 Å². The van der Waals surface area contributed by atoms with E-state index in [9.17, 15) is 13.2 Å². The van der Waals surface area contributed by atoms with Gasteiger partial charge in [0.15, 0.2) is 0 Å². The smallest absolute Gasteiger partial charge is 0.336 e. The van der Waals surface area contributed by atoms with E-state index in [0.717, 1.165) is 25.1 Å². The van der Waals surface area contributed by atoms with Crippen LogP contribution >= 0.6 is 0 Å². The van der Waals surface area contributed by atoms with E-state index in [1.165, 1.54) is 24.3 Å². The molecule has 3 rings (SSSR count). The topological polar surface area (TPSA) is 88.4 Å². The third-order valence-electron chi connectivity index (χ3n) is 3.55. The highest BCUT2D eigenvalue weighted by Gasteiger charge is 2.15. The SMILES string of the molecule is O=c1ccc2cc(S(=O)(=O)NCC3=CCNCC3)ccc2o1. The molecule has 1 aromatic heterocycles. The standard InChI is InChI=1S/C15H16N2O4S/c18-15-4-1-12-9-13(2-3-14(12)21-15)22(19,20)17-10-11-5-7-16-8-6-11/h1-5,9,16-17H,6-8,10H2. The van der Waals surface area contributed by atoms with E-state index in [0.29, 0.717) is 17.5 Å². The van der Waals surface area contributed by atoms with Crippen LogP contribution in [0, 0.1) is 0 Å². The summed E-state index contributed by atoms with van der Waals surface area (Å²) in [5.41, 5.74) is 0.987. The number of fused-ring (bicyclic) bond motifs is 1. The first-order valence-corrected chi connectivity index (χ1v) is 8.45. The predicted molar refractivity (Wildman–Crippen MR) is 83.2 cm³/mol. The number of hydrogen-bond donors (Lipinski definition) is 2. The van der Waals surface area contributed by atoms with Gasteiger partial charge in [-0.2, -0.15) is 0 Å². The molecule has 1 aliphatic heterocycles. The van der Waals surface area contributed by atoms with E-state index in [1.54, 1.807) is 6.07 Å². The average Bonchev–Trinajstić information content (AvgIpc) is 2.53. The molecule has 0 atom stereocenters. The van der Waals surface area contributed by atoms with Crippen LogP contribution in [0.2, 0.25) is 0 Å². The van der Waals surface area contributed by atoms with Gasteiger partial charge < -0.3 is 9.73 Å². The van der Waals surface area contributed by atoms with E-state index in [2.05, 4.69) is 10.0 Å². The second-order valence-corrected chi connectivity index (χ2v) is 6.86. The van der Waals surface area contributed by atoms with Crippen LogP contribution in [0.25, 0.3) is 11.0 Å². The summed E-state index contributed by atoms with van der Waals surface area (Å²) in [6, 6.07) is 7.25. The van der Waals surface area contributed by atoms with Crippen LogP contribution in [-0.4, -0.2) is 28.1 Å².